The molecule has 0 saturated carbocycles. The fourth-order valence-corrected chi connectivity index (χ4v) is 0.220. The molecule has 0 atom stereocenters. The Balaban J connectivity index is 4.59. The highest BCUT2D eigenvalue weighted by atomic mass is 16.2. The Labute approximate surface area is 50.1 Å². The predicted molar refractivity (Wildman–Crippen MR) is 27.0 cm³/mol. The summed E-state index contributed by atoms with van der Waals surface area (Å²) < 4.78 is 0. The van der Waals surface area contributed by atoms with Crippen molar-refractivity contribution in [3.05, 3.63) is 5.53 Å². The maximum atomic E-state index is 10.0. The largest absolute Gasteiger partial charge is 0.442 e. The number of hydrogen-bond donors (Lipinski definition) is 2. The van der Waals surface area contributed by atoms with Crippen molar-refractivity contribution >= 4 is 17.5 Å². The molecule has 0 aliphatic rings. The molecule has 0 radical (unpaired) electrons. The number of rotatable bonds is 2. The monoisotopic (exact) mass is 128 g/mol. The number of nitrogens with zero attached hydrogens (tertiary/aromatic N) is 2. The number of hydrogen-bond acceptors (Lipinski definition) is 2. The average molecular weight is 128 g/mol. The van der Waals surface area contributed by atoms with Crippen LogP contribution < -0.4 is 11.5 Å². The molecule has 6 nitrogen and oxygen atoms in total. The van der Waals surface area contributed by atoms with Gasteiger partial charge in [0.25, 0.3) is 0 Å². The van der Waals surface area contributed by atoms with E-state index >= 15 is 0 Å². The first-order valence-electron chi connectivity index (χ1n) is 1.91. The van der Waals surface area contributed by atoms with Crippen LogP contribution in [0, 0.1) is 0 Å². The lowest BCUT2D eigenvalue weighted by Crippen LogP contribution is -2.36. The number of amides is 2. The smallest absolute Gasteiger partial charge is 0.360 e. The Kier molecular flexibility index (Phi) is 2.10. The summed E-state index contributed by atoms with van der Waals surface area (Å²) in [4.78, 5) is 22.3. The zero-order valence-corrected chi connectivity index (χ0v) is 4.37. The van der Waals surface area contributed by atoms with Gasteiger partial charge in [-0.3, -0.25) is 9.59 Å². The summed E-state index contributed by atoms with van der Waals surface area (Å²) in [6.45, 7) is 0. The standard InChI is InChI=1S/C3H4N4O2/c4-2(8)1(7-6)3(5)9/h(H2,4,8)(H2,5,9). The van der Waals surface area contributed by atoms with Gasteiger partial charge in [-0.25, -0.2) is 0 Å². The topological polar surface area (TPSA) is 123 Å². The molecular weight excluding hydrogens is 124 g/mol. The Hall–Kier alpha value is -1.68. The fourth-order valence-electron chi connectivity index (χ4n) is 0.220. The first-order chi connectivity index (χ1) is 4.09. The zero-order valence-electron chi connectivity index (χ0n) is 4.37. The van der Waals surface area contributed by atoms with E-state index in [1.807, 2.05) is 0 Å². The van der Waals surface area contributed by atoms with Gasteiger partial charge in [-0.15, -0.1) is 0 Å². The molecule has 0 saturated heterocycles. The zero-order chi connectivity index (χ0) is 7.44. The van der Waals surface area contributed by atoms with E-state index in [9.17, 15) is 9.59 Å². The number of primary amides is 2. The van der Waals surface area contributed by atoms with E-state index in [0.29, 0.717) is 0 Å². The van der Waals surface area contributed by atoms with Crippen molar-refractivity contribution in [3.8, 4) is 0 Å². The minimum atomic E-state index is -1.15. The van der Waals surface area contributed by atoms with E-state index in [1.165, 1.54) is 0 Å². The normalized spacial score (nSPS) is 7.56. The Morgan fingerprint density at radius 2 is 1.56 bits per heavy atom. The maximum Gasteiger partial charge on any atom is 0.442 e. The lowest BCUT2D eigenvalue weighted by atomic mass is 10.3. The molecular formula is C3H4N4O2. The summed E-state index contributed by atoms with van der Waals surface area (Å²) >= 11 is 0. The van der Waals surface area contributed by atoms with E-state index in [0.717, 1.165) is 0 Å². The number of nitrogens with two attached hydrogens (primary N) is 2. The second kappa shape index (κ2) is 2.58. The molecule has 0 aromatic heterocycles. The molecule has 0 aromatic carbocycles. The first kappa shape index (κ1) is 7.32. The number of carbonyl (C=O) groups is 2. The van der Waals surface area contributed by atoms with Crippen molar-refractivity contribution in [3.63, 3.8) is 0 Å². The summed E-state index contributed by atoms with van der Waals surface area (Å²) in [5.41, 5.74) is 16.0. The molecule has 6 heteroatoms. The van der Waals surface area contributed by atoms with Gasteiger partial charge in [-0.05, 0) is 0 Å². The van der Waals surface area contributed by atoms with Gasteiger partial charge in [0.2, 0.25) is 0 Å². The molecule has 0 bridgehead atoms. The molecule has 0 heterocycles. The molecule has 4 N–H and O–H groups in total. The van der Waals surface area contributed by atoms with Crippen molar-refractivity contribution in [2.24, 2.45) is 11.5 Å². The van der Waals surface area contributed by atoms with Gasteiger partial charge in [0.1, 0.15) is 0 Å². The molecule has 0 rings (SSSR count). The number of carbonyl (C=O) groups excluding carboxylic acids is 2. The van der Waals surface area contributed by atoms with Gasteiger partial charge < -0.3 is 17.0 Å². The van der Waals surface area contributed by atoms with Crippen LogP contribution in [0.4, 0.5) is 0 Å². The van der Waals surface area contributed by atoms with Crippen molar-refractivity contribution in [1.29, 1.82) is 0 Å². The van der Waals surface area contributed by atoms with E-state index < -0.39 is 17.5 Å². The van der Waals surface area contributed by atoms with Gasteiger partial charge in [-0.2, -0.15) is 4.79 Å². The van der Waals surface area contributed by atoms with Gasteiger partial charge >= 0.3 is 17.5 Å². The second-order valence-electron chi connectivity index (χ2n) is 1.18. The minimum Gasteiger partial charge on any atom is -0.360 e. The van der Waals surface area contributed by atoms with E-state index in [4.69, 9.17) is 5.53 Å². The second-order valence-corrected chi connectivity index (χ2v) is 1.18. The van der Waals surface area contributed by atoms with Crippen molar-refractivity contribution in [1.82, 2.24) is 0 Å². The third kappa shape index (κ3) is 1.70. The van der Waals surface area contributed by atoms with Gasteiger partial charge in [0.05, 0.1) is 0 Å². The molecule has 9 heavy (non-hydrogen) atoms. The summed E-state index contributed by atoms with van der Waals surface area (Å²) in [6, 6.07) is 0. The molecule has 0 spiro atoms. The van der Waals surface area contributed by atoms with E-state index in [-0.39, 0.29) is 0 Å². The minimum absolute atomic E-state index is 0.852. The summed E-state index contributed by atoms with van der Waals surface area (Å²) in [7, 11) is 0. The molecule has 0 aliphatic heterocycles. The molecule has 48 valence electrons. The highest BCUT2D eigenvalue weighted by molar-refractivity contribution is 6.62. The van der Waals surface area contributed by atoms with E-state index in [2.05, 4.69) is 16.3 Å². The van der Waals surface area contributed by atoms with Crippen LogP contribution in [0.25, 0.3) is 5.53 Å². The lowest BCUT2D eigenvalue weighted by Gasteiger charge is -1.78. The molecule has 0 aromatic rings. The summed E-state index contributed by atoms with van der Waals surface area (Å²) in [5, 5.41) is 0. The van der Waals surface area contributed by atoms with Crippen LogP contribution in [0.1, 0.15) is 0 Å². The Morgan fingerprint density at radius 3 is 1.56 bits per heavy atom. The third-order valence-corrected chi connectivity index (χ3v) is 0.567. The quantitative estimate of drug-likeness (QED) is 0.187. The molecule has 0 unspecified atom stereocenters. The van der Waals surface area contributed by atoms with Gasteiger partial charge in [0.15, 0.2) is 0 Å². The molecule has 0 fully saturated rings. The summed E-state index contributed by atoms with van der Waals surface area (Å²) in [5.74, 6) is -2.30. The van der Waals surface area contributed by atoms with Crippen LogP contribution in [0.5, 0.6) is 0 Å². The Bertz CT molecular complexity index is 186. The predicted octanol–water partition coefficient (Wildman–Crippen LogP) is -2.37. The van der Waals surface area contributed by atoms with Crippen molar-refractivity contribution in [2.45, 2.75) is 0 Å². The highest BCUT2D eigenvalue weighted by Gasteiger charge is 2.22. The highest BCUT2D eigenvalue weighted by Crippen LogP contribution is 1.64. The van der Waals surface area contributed by atoms with Crippen LogP contribution >= 0.6 is 0 Å². The SMILES string of the molecule is [N-]=[N+]=C(C(N)=O)C(N)=O. The van der Waals surface area contributed by atoms with Crippen molar-refractivity contribution < 1.29 is 14.4 Å². The third-order valence-electron chi connectivity index (χ3n) is 0.567. The van der Waals surface area contributed by atoms with Crippen molar-refractivity contribution in [2.75, 3.05) is 0 Å². The van der Waals surface area contributed by atoms with Crippen LogP contribution in [0.15, 0.2) is 0 Å². The van der Waals surface area contributed by atoms with Gasteiger partial charge in [-0.1, -0.05) is 0 Å². The molecule has 0 aliphatic carbocycles. The van der Waals surface area contributed by atoms with E-state index in [1.54, 1.807) is 0 Å². The lowest BCUT2D eigenvalue weighted by molar-refractivity contribution is -0.123. The van der Waals surface area contributed by atoms with Crippen LogP contribution in [0.3, 0.4) is 0 Å². The maximum absolute atomic E-state index is 10.0. The van der Waals surface area contributed by atoms with Crippen LogP contribution in [0.2, 0.25) is 0 Å². The van der Waals surface area contributed by atoms with Crippen LogP contribution in [-0.4, -0.2) is 22.3 Å². The summed E-state index contributed by atoms with van der Waals surface area (Å²) in [6.07, 6.45) is 0. The fraction of sp³-hybridized carbons (Fsp3) is 0. The average Bonchev–Trinajstić information content (AvgIpc) is 1.64. The van der Waals surface area contributed by atoms with Crippen LogP contribution in [-0.2, 0) is 9.59 Å². The first-order valence-corrected chi connectivity index (χ1v) is 1.91. The Morgan fingerprint density at radius 1 is 1.22 bits per heavy atom. The molecule has 2 amide bonds. The van der Waals surface area contributed by atoms with Gasteiger partial charge in [0, 0.05) is 0 Å².